The van der Waals surface area contributed by atoms with Crippen molar-refractivity contribution in [1.29, 1.82) is 0 Å². The first-order chi connectivity index (χ1) is 7.97. The highest BCUT2D eigenvalue weighted by molar-refractivity contribution is 7.89. The lowest BCUT2D eigenvalue weighted by atomic mass is 9.97. The molecule has 5 heteroatoms. The minimum atomic E-state index is -3.08. The molecule has 2 unspecified atom stereocenters. The molecular weight excluding hydrogens is 236 g/mol. The molecule has 0 aromatic carbocycles. The Kier molecular flexibility index (Phi) is 5.89. The molecule has 0 saturated carbocycles. The van der Waals surface area contributed by atoms with Crippen LogP contribution in [0.3, 0.4) is 0 Å². The van der Waals surface area contributed by atoms with Crippen molar-refractivity contribution in [2.75, 3.05) is 25.4 Å². The Balaban J connectivity index is 2.50. The molecule has 1 fully saturated rings. The molecule has 1 aliphatic rings. The first kappa shape index (κ1) is 14.9. The molecule has 0 radical (unpaired) electrons. The SMILES string of the molecule is CCCNCCS(=O)(=O)N1CC(C)CCC1C. The van der Waals surface area contributed by atoms with E-state index in [9.17, 15) is 8.42 Å². The lowest BCUT2D eigenvalue weighted by molar-refractivity contribution is 0.218. The Bertz CT molecular complexity index is 316. The second-order valence-corrected chi connectivity index (χ2v) is 7.21. The van der Waals surface area contributed by atoms with Gasteiger partial charge in [0.1, 0.15) is 0 Å². The van der Waals surface area contributed by atoms with E-state index in [1.54, 1.807) is 4.31 Å². The van der Waals surface area contributed by atoms with Gasteiger partial charge in [-0.15, -0.1) is 0 Å². The lowest BCUT2D eigenvalue weighted by Gasteiger charge is -2.35. The summed E-state index contributed by atoms with van der Waals surface area (Å²) in [7, 11) is -3.08. The summed E-state index contributed by atoms with van der Waals surface area (Å²) >= 11 is 0. The molecule has 17 heavy (non-hydrogen) atoms. The van der Waals surface area contributed by atoms with Gasteiger partial charge in [-0.2, -0.15) is 4.31 Å². The maximum absolute atomic E-state index is 12.2. The number of nitrogens with zero attached hydrogens (tertiary/aromatic N) is 1. The van der Waals surface area contributed by atoms with Crippen LogP contribution >= 0.6 is 0 Å². The van der Waals surface area contributed by atoms with Crippen LogP contribution in [0.25, 0.3) is 0 Å². The van der Waals surface area contributed by atoms with E-state index in [4.69, 9.17) is 0 Å². The zero-order valence-electron chi connectivity index (χ0n) is 11.3. The first-order valence-electron chi connectivity index (χ1n) is 6.67. The van der Waals surface area contributed by atoms with Gasteiger partial charge in [-0.25, -0.2) is 8.42 Å². The van der Waals surface area contributed by atoms with Crippen molar-refractivity contribution in [3.63, 3.8) is 0 Å². The van der Waals surface area contributed by atoms with E-state index in [2.05, 4.69) is 19.2 Å². The van der Waals surface area contributed by atoms with Crippen molar-refractivity contribution < 1.29 is 8.42 Å². The second kappa shape index (κ2) is 6.71. The van der Waals surface area contributed by atoms with Crippen molar-refractivity contribution in [3.8, 4) is 0 Å². The Morgan fingerprint density at radius 1 is 1.24 bits per heavy atom. The first-order valence-corrected chi connectivity index (χ1v) is 8.28. The maximum atomic E-state index is 12.2. The predicted molar refractivity (Wildman–Crippen MR) is 71.5 cm³/mol. The third-order valence-electron chi connectivity index (χ3n) is 3.38. The fourth-order valence-electron chi connectivity index (χ4n) is 2.26. The fraction of sp³-hybridized carbons (Fsp3) is 1.00. The maximum Gasteiger partial charge on any atom is 0.215 e. The Morgan fingerprint density at radius 3 is 2.59 bits per heavy atom. The van der Waals surface area contributed by atoms with Crippen LogP contribution < -0.4 is 5.32 Å². The molecule has 1 N–H and O–H groups in total. The van der Waals surface area contributed by atoms with Gasteiger partial charge in [0, 0.05) is 19.1 Å². The van der Waals surface area contributed by atoms with Crippen LogP contribution in [-0.2, 0) is 10.0 Å². The average molecular weight is 262 g/mol. The van der Waals surface area contributed by atoms with Gasteiger partial charge in [-0.3, -0.25) is 0 Å². The largest absolute Gasteiger partial charge is 0.316 e. The standard InChI is InChI=1S/C12H26N2O2S/c1-4-7-13-8-9-17(15,16)14-10-11(2)5-6-12(14)3/h11-13H,4-10H2,1-3H3. The molecule has 0 bridgehead atoms. The molecule has 1 aliphatic heterocycles. The van der Waals surface area contributed by atoms with Crippen molar-refractivity contribution in [2.24, 2.45) is 5.92 Å². The molecule has 0 aromatic rings. The van der Waals surface area contributed by atoms with E-state index >= 15 is 0 Å². The quantitative estimate of drug-likeness (QED) is 0.737. The normalized spacial score (nSPS) is 27.2. The van der Waals surface area contributed by atoms with Crippen LogP contribution in [0, 0.1) is 5.92 Å². The minimum absolute atomic E-state index is 0.169. The Labute approximate surface area is 106 Å². The number of nitrogens with one attached hydrogen (secondary N) is 1. The lowest BCUT2D eigenvalue weighted by Crippen LogP contribution is -2.47. The third-order valence-corrected chi connectivity index (χ3v) is 5.32. The molecule has 1 heterocycles. The van der Waals surface area contributed by atoms with E-state index in [1.165, 1.54) is 0 Å². The van der Waals surface area contributed by atoms with Gasteiger partial charge in [-0.05, 0) is 38.6 Å². The number of sulfonamides is 1. The minimum Gasteiger partial charge on any atom is -0.316 e. The highest BCUT2D eigenvalue weighted by Crippen LogP contribution is 2.24. The van der Waals surface area contributed by atoms with Gasteiger partial charge in [0.15, 0.2) is 0 Å². The summed E-state index contributed by atoms with van der Waals surface area (Å²) in [5.41, 5.74) is 0. The smallest absolute Gasteiger partial charge is 0.215 e. The highest BCUT2D eigenvalue weighted by Gasteiger charge is 2.31. The van der Waals surface area contributed by atoms with E-state index in [1.807, 2.05) is 6.92 Å². The molecule has 0 aromatic heterocycles. The molecule has 0 aliphatic carbocycles. The molecular formula is C12H26N2O2S. The molecule has 0 amide bonds. The summed E-state index contributed by atoms with van der Waals surface area (Å²) in [6, 6.07) is 0.169. The van der Waals surface area contributed by atoms with Gasteiger partial charge >= 0.3 is 0 Å². The Morgan fingerprint density at radius 2 is 1.94 bits per heavy atom. The molecule has 102 valence electrons. The van der Waals surface area contributed by atoms with E-state index in [0.29, 0.717) is 19.0 Å². The van der Waals surface area contributed by atoms with Gasteiger partial charge in [0.2, 0.25) is 10.0 Å². The van der Waals surface area contributed by atoms with Crippen LogP contribution in [0.15, 0.2) is 0 Å². The highest BCUT2D eigenvalue weighted by atomic mass is 32.2. The van der Waals surface area contributed by atoms with Gasteiger partial charge in [0.25, 0.3) is 0 Å². The van der Waals surface area contributed by atoms with E-state index in [0.717, 1.165) is 25.8 Å². The molecule has 0 spiro atoms. The summed E-state index contributed by atoms with van der Waals surface area (Å²) in [4.78, 5) is 0. The summed E-state index contributed by atoms with van der Waals surface area (Å²) in [5.74, 6) is 0.717. The van der Waals surface area contributed by atoms with Crippen LogP contribution in [-0.4, -0.2) is 44.2 Å². The zero-order chi connectivity index (χ0) is 12.9. The predicted octanol–water partition coefficient (Wildman–Crippen LogP) is 1.44. The van der Waals surface area contributed by atoms with E-state index in [-0.39, 0.29) is 11.8 Å². The fourth-order valence-corrected chi connectivity index (χ4v) is 4.03. The monoisotopic (exact) mass is 262 g/mol. The summed E-state index contributed by atoms with van der Waals surface area (Å²) in [6.45, 7) is 8.37. The van der Waals surface area contributed by atoms with Crippen LogP contribution in [0.5, 0.6) is 0 Å². The Hall–Kier alpha value is -0.130. The van der Waals surface area contributed by atoms with Crippen molar-refractivity contribution in [2.45, 2.75) is 46.1 Å². The van der Waals surface area contributed by atoms with Crippen LogP contribution in [0.1, 0.15) is 40.0 Å². The summed E-state index contributed by atoms with van der Waals surface area (Å²) in [6.07, 6.45) is 3.17. The molecule has 1 saturated heterocycles. The van der Waals surface area contributed by atoms with Gasteiger partial charge in [0.05, 0.1) is 5.75 Å². The molecule has 4 nitrogen and oxygen atoms in total. The zero-order valence-corrected chi connectivity index (χ0v) is 12.1. The number of hydrogen-bond donors (Lipinski definition) is 1. The third kappa shape index (κ3) is 4.56. The second-order valence-electron chi connectivity index (χ2n) is 5.17. The van der Waals surface area contributed by atoms with Crippen molar-refractivity contribution in [3.05, 3.63) is 0 Å². The molecule has 2 atom stereocenters. The van der Waals surface area contributed by atoms with Crippen LogP contribution in [0.2, 0.25) is 0 Å². The summed E-state index contributed by atoms with van der Waals surface area (Å²) < 4.78 is 26.1. The number of hydrogen-bond acceptors (Lipinski definition) is 3. The topological polar surface area (TPSA) is 49.4 Å². The summed E-state index contributed by atoms with van der Waals surface area (Å²) in [5, 5.41) is 3.15. The van der Waals surface area contributed by atoms with Gasteiger partial charge < -0.3 is 5.32 Å². The molecule has 1 rings (SSSR count). The van der Waals surface area contributed by atoms with E-state index < -0.39 is 10.0 Å². The number of rotatable bonds is 6. The van der Waals surface area contributed by atoms with Crippen molar-refractivity contribution >= 4 is 10.0 Å². The van der Waals surface area contributed by atoms with Gasteiger partial charge in [-0.1, -0.05) is 13.8 Å². The number of piperidine rings is 1. The van der Waals surface area contributed by atoms with Crippen LogP contribution in [0.4, 0.5) is 0 Å². The average Bonchev–Trinajstić information content (AvgIpc) is 2.28. The van der Waals surface area contributed by atoms with Crippen molar-refractivity contribution in [1.82, 2.24) is 9.62 Å².